The molecule has 27 heteroatoms. The smallest absolute Gasteiger partial charge is 0.253 e. The zero-order chi connectivity index (χ0) is 94.2. The van der Waals surface area contributed by atoms with Crippen LogP contribution < -0.4 is 4.72 Å². The zero-order valence-corrected chi connectivity index (χ0v) is 83.2. The van der Waals surface area contributed by atoms with E-state index in [9.17, 15) is 32.9 Å². The first-order chi connectivity index (χ1) is 65.3. The number of fused-ring (bicyclic) bond motifs is 3. The quantitative estimate of drug-likeness (QED) is 0.0774. The second-order valence-corrected chi connectivity index (χ2v) is 42.9. The van der Waals surface area contributed by atoms with Crippen LogP contribution in [-0.4, -0.2) is 227 Å². The van der Waals surface area contributed by atoms with Gasteiger partial charge in [0.25, 0.3) is 17.7 Å². The standard InChI is InChI=1S/C28H32Cl2N4O3S.C28H28Cl2N4O.C26H29Cl2N3O.C26H33ClN2O.2H2/c1-38(36,37)32-27-18-34(12-8-21(27)15-19-4-6-24(29)25(30)16-19)23-9-13-33(14-10-23)28(35)22-5-7-26-20(17-22)3-2-11-31-26;29-25-5-3-19(15-26(25)30)14-20-7-11-34(18-23(20)17-31)24-8-12-33(13-9-24)28(35)22-4-6-27-21(16-22)2-1-10-32-27;27-23-3-1-19(16-24(23)28)15-18-6-11-30(12-7-18)22-8-13-31(14-9-22)26(32)21-2-4-25-20(17-21)5-10-29-25;1-20-6-2-3-7-22(20)19-26(30)29-16-12-24(13-17-29)28-14-10-21(11-15-28)18-23-8-4-5-9-25(23)27;;/h2-7,11,16-17,21,23,27,32H,8-10,12-15,18H2,1H3;1-6,10,15-16,20,23-24H,7-9,11-14,18H2;1-5,10,16-18,22,29H,6-9,11-15H2;2-9,21,24H,10-19H2,1H3;2*1H/t21-,27-;20-,23+;;;;/m10..../s1. The van der Waals surface area contributed by atoms with Gasteiger partial charge < -0.3 is 34.4 Å². The summed E-state index contributed by atoms with van der Waals surface area (Å²) in [5.41, 5.74) is 12.2. The van der Waals surface area contributed by atoms with E-state index in [1.54, 1.807) is 18.5 Å². The van der Waals surface area contributed by atoms with E-state index in [1.165, 1.54) is 61.7 Å². The van der Waals surface area contributed by atoms with Crippen molar-refractivity contribution in [1.29, 1.82) is 5.26 Å². The van der Waals surface area contributed by atoms with E-state index in [4.69, 9.17) is 81.2 Å². The van der Waals surface area contributed by atoms with Crippen molar-refractivity contribution < 1.29 is 30.4 Å². The van der Waals surface area contributed by atoms with Gasteiger partial charge in [-0.25, -0.2) is 13.1 Å². The number of nitrogens with zero attached hydrogens (tertiary/aromatic N) is 11. The fourth-order valence-electron chi connectivity index (χ4n) is 21.7. The van der Waals surface area contributed by atoms with Crippen LogP contribution in [0.2, 0.25) is 35.2 Å². The van der Waals surface area contributed by atoms with Crippen LogP contribution in [0.4, 0.5) is 0 Å². The van der Waals surface area contributed by atoms with Gasteiger partial charge in [0.05, 0.1) is 65.8 Å². The number of likely N-dealkylation sites (tertiary alicyclic amines) is 8. The van der Waals surface area contributed by atoms with E-state index < -0.39 is 10.0 Å². The number of carbonyl (C=O) groups excluding carboxylic acids is 4. The van der Waals surface area contributed by atoms with Crippen molar-refractivity contribution >= 4 is 148 Å². The first-order valence-corrected chi connectivity index (χ1v) is 52.7. The number of aromatic nitrogens is 3. The molecule has 8 aliphatic heterocycles. The Labute approximate surface area is 833 Å². The molecule has 4 amide bonds. The summed E-state index contributed by atoms with van der Waals surface area (Å²) < 4.78 is 27.3. The van der Waals surface area contributed by atoms with Gasteiger partial charge >= 0.3 is 0 Å². The molecule has 11 aromatic rings. The molecule has 11 heterocycles. The molecular formula is C108H126Cl7N13O6S. The molecule has 2 N–H and O–H groups in total. The minimum absolute atomic E-state index is 0. The summed E-state index contributed by atoms with van der Waals surface area (Å²) in [7, 11) is -3.37. The molecule has 0 spiro atoms. The summed E-state index contributed by atoms with van der Waals surface area (Å²) >= 11 is 43.1. The SMILES string of the molecule is CS(=O)(=O)N[C@@H]1CN(C2CCN(C(=O)c3ccc4ncccc4c3)CC2)CC[C@@H]1Cc1ccc(Cl)c(Cl)c1.Cc1ccccc1CC(=O)N1CCC(N2CCC(Cc3ccccc3Cl)CC2)CC1.N#C[C@@H]1CN(C2CCN(C(=O)c3ccc4ncccc4c3)CC2)CC[C@H]1Cc1ccc(Cl)c(Cl)c1.O=C(c1ccc2[nH]ccc2c1)N1CCC(N2CCC(Cc3ccc(Cl)c(Cl)c3)CC2)CC1.[HH].[HH]. The van der Waals surface area contributed by atoms with E-state index in [0.29, 0.717) is 97.8 Å². The molecular weight excluding hydrogens is 1860 g/mol. The van der Waals surface area contributed by atoms with Gasteiger partial charge in [0.2, 0.25) is 15.9 Å². The van der Waals surface area contributed by atoms with Gasteiger partial charge in [-0.15, -0.1) is 0 Å². The summed E-state index contributed by atoms with van der Waals surface area (Å²) in [6, 6.07) is 65.3. The first kappa shape index (κ1) is 99.3. The molecule has 714 valence electrons. The Kier molecular flexibility index (Phi) is 34.4. The molecule has 0 radical (unpaired) electrons. The van der Waals surface area contributed by atoms with Gasteiger partial charge in [-0.05, 0) is 334 Å². The van der Waals surface area contributed by atoms with Crippen molar-refractivity contribution in [2.75, 3.05) is 111 Å². The molecule has 19 rings (SSSR count). The Balaban J connectivity index is 0.000000146. The normalized spacial score (nSPS) is 20.5. The number of sulfonamides is 1. The summed E-state index contributed by atoms with van der Waals surface area (Å²) in [6.45, 7) is 16.4. The molecule has 0 unspecified atom stereocenters. The van der Waals surface area contributed by atoms with Crippen LogP contribution in [0.1, 0.15) is 157 Å². The van der Waals surface area contributed by atoms with E-state index in [2.05, 4.69) is 87.5 Å². The predicted molar refractivity (Wildman–Crippen MR) is 552 cm³/mol. The highest BCUT2D eigenvalue weighted by molar-refractivity contribution is 7.88. The molecule has 3 aromatic heterocycles. The molecule has 8 fully saturated rings. The van der Waals surface area contributed by atoms with Crippen LogP contribution in [0, 0.1) is 47.8 Å². The van der Waals surface area contributed by atoms with Gasteiger partial charge in [0, 0.05) is 160 Å². The van der Waals surface area contributed by atoms with Crippen molar-refractivity contribution in [3.63, 3.8) is 0 Å². The maximum absolute atomic E-state index is 13.2. The zero-order valence-electron chi connectivity index (χ0n) is 77.1. The summed E-state index contributed by atoms with van der Waals surface area (Å²) in [4.78, 5) is 82.1. The fourth-order valence-corrected chi connectivity index (χ4v) is 23.7. The Bertz CT molecular complexity index is 6110. The molecule has 8 saturated heterocycles. The fraction of sp³-hybridized carbons (Fsp3) is 0.435. The Morgan fingerprint density at radius 2 is 0.822 bits per heavy atom. The number of hydrogen-bond acceptors (Lipinski definition) is 13. The second kappa shape index (κ2) is 46.8. The Hall–Kier alpha value is -8.73. The largest absolute Gasteiger partial charge is 0.361 e. The highest BCUT2D eigenvalue weighted by atomic mass is 35.5. The number of amides is 4. The lowest BCUT2D eigenvalue weighted by Crippen LogP contribution is -2.57. The highest BCUT2D eigenvalue weighted by Crippen LogP contribution is 2.38. The topological polar surface area (TPSA) is 206 Å². The van der Waals surface area contributed by atoms with Gasteiger partial charge in [-0.2, -0.15) is 5.26 Å². The minimum Gasteiger partial charge on any atom is -0.361 e. The molecule has 135 heavy (non-hydrogen) atoms. The van der Waals surface area contributed by atoms with Crippen LogP contribution >= 0.6 is 81.2 Å². The first-order valence-electron chi connectivity index (χ1n) is 48.2. The van der Waals surface area contributed by atoms with E-state index in [-0.39, 0.29) is 44.4 Å². The number of piperidine rings is 8. The van der Waals surface area contributed by atoms with E-state index >= 15 is 0 Å². The van der Waals surface area contributed by atoms with Crippen molar-refractivity contribution in [3.8, 4) is 6.07 Å². The number of halogens is 7. The number of hydrogen-bond donors (Lipinski definition) is 2. The Morgan fingerprint density at radius 3 is 1.30 bits per heavy atom. The Morgan fingerprint density at radius 1 is 0.407 bits per heavy atom. The van der Waals surface area contributed by atoms with Gasteiger partial charge in [0.15, 0.2) is 0 Å². The third-order valence-electron chi connectivity index (χ3n) is 29.6. The summed E-state index contributed by atoms with van der Waals surface area (Å²) in [5, 5.41) is 17.3. The van der Waals surface area contributed by atoms with Crippen LogP contribution in [0.15, 0.2) is 207 Å². The number of carbonyl (C=O) groups is 4. The molecule has 0 saturated carbocycles. The number of nitriles is 1. The summed E-state index contributed by atoms with van der Waals surface area (Å²) in [6.07, 6.45) is 25.7. The maximum Gasteiger partial charge on any atom is 0.253 e. The lowest BCUT2D eigenvalue weighted by Gasteiger charge is -2.45. The number of rotatable bonds is 19. The van der Waals surface area contributed by atoms with Crippen molar-refractivity contribution in [1.82, 2.24) is 58.9 Å². The lowest BCUT2D eigenvalue weighted by atomic mass is 9.81. The lowest BCUT2D eigenvalue weighted by molar-refractivity contribution is -0.132. The van der Waals surface area contributed by atoms with Gasteiger partial charge in [-0.3, -0.25) is 38.9 Å². The molecule has 19 nitrogen and oxygen atoms in total. The maximum atomic E-state index is 13.2. The molecule has 8 aliphatic rings. The minimum atomic E-state index is -3.37. The van der Waals surface area contributed by atoms with Gasteiger partial charge in [-0.1, -0.05) is 154 Å². The van der Waals surface area contributed by atoms with E-state index in [0.717, 1.165) is 233 Å². The van der Waals surface area contributed by atoms with E-state index in [1.807, 2.05) is 173 Å². The third kappa shape index (κ3) is 26.4. The third-order valence-corrected chi connectivity index (χ3v) is 32.9. The van der Waals surface area contributed by atoms with Crippen LogP contribution in [-0.2, 0) is 46.9 Å². The van der Waals surface area contributed by atoms with Crippen molar-refractivity contribution in [2.24, 2.45) is 29.6 Å². The number of pyridine rings is 2. The number of benzene rings is 8. The second-order valence-electron chi connectivity index (χ2n) is 38.3. The van der Waals surface area contributed by atoms with Crippen LogP contribution in [0.25, 0.3) is 32.7 Å². The van der Waals surface area contributed by atoms with Crippen molar-refractivity contribution in [3.05, 3.63) is 292 Å². The number of aryl methyl sites for hydroxylation is 1. The average Bonchev–Trinajstić information content (AvgIpc) is 1.79. The van der Waals surface area contributed by atoms with Crippen LogP contribution in [0.5, 0.6) is 0 Å². The molecule has 0 bridgehead atoms. The molecule has 8 aromatic carbocycles. The van der Waals surface area contributed by atoms with Crippen LogP contribution in [0.3, 0.4) is 0 Å². The average molecular weight is 1980 g/mol. The van der Waals surface area contributed by atoms with Gasteiger partial charge in [0.1, 0.15) is 0 Å². The van der Waals surface area contributed by atoms with Crippen molar-refractivity contribution in [2.45, 2.75) is 159 Å². The molecule has 0 aliphatic carbocycles. The summed E-state index contributed by atoms with van der Waals surface area (Å²) in [5.74, 6) is 2.47. The highest BCUT2D eigenvalue weighted by Gasteiger charge is 2.40. The molecule has 4 atom stereocenters. The number of H-pyrrole nitrogens is 1. The number of aromatic amines is 1. The monoisotopic (exact) mass is 1980 g/mol. The number of nitrogens with one attached hydrogen (secondary N) is 2. The predicted octanol–water partition coefficient (Wildman–Crippen LogP) is 22.1.